The Morgan fingerprint density at radius 3 is 1.66 bits per heavy atom. The van der Waals surface area contributed by atoms with Gasteiger partial charge in [0.25, 0.3) is 0 Å². The zero-order valence-electron chi connectivity index (χ0n) is 30.1. The first kappa shape index (κ1) is 32.2. The van der Waals surface area contributed by atoms with Gasteiger partial charge in [0.05, 0.1) is 0 Å². The van der Waals surface area contributed by atoms with Gasteiger partial charge in [-0.25, -0.2) is 15.0 Å². The minimum absolute atomic E-state index is 0.620. The summed E-state index contributed by atoms with van der Waals surface area (Å²) in [5, 5.41) is 4.77. The molecule has 0 radical (unpaired) electrons. The van der Waals surface area contributed by atoms with Crippen LogP contribution < -0.4 is 0 Å². The Bertz CT molecular complexity index is 3200. The minimum Gasteiger partial charge on any atom is -0.456 e. The standard InChI is InChI=1S/C51H31N3OS/c1-3-13-32(14-4-1)49-52-50(33-15-5-2-6-16-33)54-51(53-49)38-20-12-18-36(30-38)39-26-27-44-48(41-22-7-9-23-43(41)55-44)47(39)37-19-11-17-34(29-37)35-25-28-46-42(31-35)40-21-8-10-24-45(40)56-46/h1-31H. The van der Waals surface area contributed by atoms with Crippen LogP contribution in [0.5, 0.6) is 0 Å². The van der Waals surface area contributed by atoms with E-state index >= 15 is 0 Å². The number of hydrogen-bond donors (Lipinski definition) is 0. The molecule has 3 aromatic heterocycles. The lowest BCUT2D eigenvalue weighted by Crippen LogP contribution is -2.00. The lowest BCUT2D eigenvalue weighted by Gasteiger charge is -2.15. The number of hydrogen-bond acceptors (Lipinski definition) is 5. The number of furan rings is 1. The summed E-state index contributed by atoms with van der Waals surface area (Å²) in [6.45, 7) is 0. The van der Waals surface area contributed by atoms with Crippen LogP contribution in [-0.4, -0.2) is 15.0 Å². The fourth-order valence-electron chi connectivity index (χ4n) is 7.88. The van der Waals surface area contributed by atoms with Gasteiger partial charge < -0.3 is 4.42 Å². The van der Waals surface area contributed by atoms with Gasteiger partial charge in [0.2, 0.25) is 0 Å². The number of fused-ring (bicyclic) bond motifs is 6. The van der Waals surface area contributed by atoms with Crippen LogP contribution in [0.15, 0.2) is 192 Å². The van der Waals surface area contributed by atoms with Crippen LogP contribution in [0.25, 0.3) is 110 Å². The maximum Gasteiger partial charge on any atom is 0.164 e. The first-order valence-corrected chi connectivity index (χ1v) is 19.5. The van der Waals surface area contributed by atoms with Crippen LogP contribution in [0, 0.1) is 0 Å². The lowest BCUT2D eigenvalue weighted by molar-refractivity contribution is 0.669. The van der Waals surface area contributed by atoms with Crippen LogP contribution in [0.2, 0.25) is 0 Å². The molecule has 0 unspecified atom stereocenters. The van der Waals surface area contributed by atoms with Gasteiger partial charge in [0.1, 0.15) is 11.2 Å². The highest BCUT2D eigenvalue weighted by molar-refractivity contribution is 7.25. The summed E-state index contributed by atoms with van der Waals surface area (Å²) in [5.41, 5.74) is 11.3. The molecule has 0 aliphatic heterocycles. The van der Waals surface area contributed by atoms with Crippen molar-refractivity contribution in [2.75, 3.05) is 0 Å². The Kier molecular flexibility index (Phi) is 7.64. The van der Waals surface area contributed by atoms with Crippen LogP contribution >= 0.6 is 11.3 Å². The summed E-state index contributed by atoms with van der Waals surface area (Å²) in [6.07, 6.45) is 0. The first-order chi connectivity index (χ1) is 27.7. The van der Waals surface area contributed by atoms with Crippen molar-refractivity contribution in [1.29, 1.82) is 0 Å². The summed E-state index contributed by atoms with van der Waals surface area (Å²) in [7, 11) is 0. The van der Waals surface area contributed by atoms with Gasteiger partial charge in [-0.3, -0.25) is 0 Å². The molecule has 0 bridgehead atoms. The molecule has 8 aromatic carbocycles. The number of para-hydroxylation sites is 1. The third kappa shape index (κ3) is 5.56. The number of thiophene rings is 1. The van der Waals surface area contributed by atoms with Crippen molar-refractivity contribution >= 4 is 53.4 Å². The molecule has 0 saturated heterocycles. The molecule has 0 N–H and O–H groups in total. The van der Waals surface area contributed by atoms with Crippen molar-refractivity contribution in [3.05, 3.63) is 188 Å². The number of nitrogens with zero attached hydrogens (tertiary/aromatic N) is 3. The Morgan fingerprint density at radius 2 is 0.893 bits per heavy atom. The molecule has 56 heavy (non-hydrogen) atoms. The molecule has 11 aromatic rings. The van der Waals surface area contributed by atoms with Crippen molar-refractivity contribution in [3.63, 3.8) is 0 Å². The highest BCUT2D eigenvalue weighted by atomic mass is 32.1. The van der Waals surface area contributed by atoms with Crippen LogP contribution in [0.1, 0.15) is 0 Å². The van der Waals surface area contributed by atoms with Gasteiger partial charge >= 0.3 is 0 Å². The SMILES string of the molecule is c1ccc(-c2nc(-c3ccccc3)nc(-c3cccc(-c4ccc5oc6ccccc6c5c4-c4cccc(-c5ccc6sc7ccccc7c6c5)c4)c3)n2)cc1. The van der Waals surface area contributed by atoms with Gasteiger partial charge in [-0.2, -0.15) is 0 Å². The van der Waals surface area contributed by atoms with E-state index in [1.165, 1.54) is 25.7 Å². The molecular formula is C51H31N3OS. The van der Waals surface area contributed by atoms with Crippen molar-refractivity contribution in [3.8, 4) is 67.5 Å². The molecule has 0 aliphatic carbocycles. The van der Waals surface area contributed by atoms with Gasteiger partial charge in [-0.05, 0) is 70.3 Å². The van der Waals surface area contributed by atoms with E-state index in [4.69, 9.17) is 19.4 Å². The largest absolute Gasteiger partial charge is 0.456 e. The quantitative estimate of drug-likeness (QED) is 0.171. The second-order valence-corrected chi connectivity index (χ2v) is 15.1. The topological polar surface area (TPSA) is 51.8 Å². The molecule has 11 rings (SSSR count). The molecule has 0 atom stereocenters. The normalized spacial score (nSPS) is 11.6. The van der Waals surface area contributed by atoms with Gasteiger partial charge in [0, 0.05) is 53.2 Å². The molecule has 0 aliphatic rings. The molecule has 4 nitrogen and oxygen atoms in total. The van der Waals surface area contributed by atoms with Gasteiger partial charge in [0.15, 0.2) is 17.5 Å². The second-order valence-electron chi connectivity index (χ2n) is 14.0. The van der Waals surface area contributed by atoms with Crippen molar-refractivity contribution in [2.45, 2.75) is 0 Å². The monoisotopic (exact) mass is 733 g/mol. The number of aromatic nitrogens is 3. The molecule has 0 spiro atoms. The van der Waals surface area contributed by atoms with E-state index in [1.807, 2.05) is 84.1 Å². The smallest absolute Gasteiger partial charge is 0.164 e. The van der Waals surface area contributed by atoms with E-state index in [-0.39, 0.29) is 0 Å². The fraction of sp³-hybridized carbons (Fsp3) is 0. The summed E-state index contributed by atoms with van der Waals surface area (Å²) >= 11 is 1.84. The predicted molar refractivity (Wildman–Crippen MR) is 233 cm³/mol. The minimum atomic E-state index is 0.620. The Hall–Kier alpha value is -7.21. The third-order valence-corrected chi connectivity index (χ3v) is 11.7. The molecule has 3 heterocycles. The third-order valence-electron chi connectivity index (χ3n) is 10.5. The molecule has 5 heteroatoms. The van der Waals surface area contributed by atoms with E-state index in [2.05, 4.69) is 115 Å². The molecule has 262 valence electrons. The van der Waals surface area contributed by atoms with Gasteiger partial charge in [-0.15, -0.1) is 11.3 Å². The zero-order valence-corrected chi connectivity index (χ0v) is 30.9. The summed E-state index contributed by atoms with van der Waals surface area (Å²) in [4.78, 5) is 15.0. The molecule has 0 fully saturated rings. The molecule has 0 amide bonds. The van der Waals surface area contributed by atoms with Crippen LogP contribution in [0.3, 0.4) is 0 Å². The average Bonchev–Trinajstić information content (AvgIpc) is 3.85. The predicted octanol–water partition coefficient (Wildman–Crippen LogP) is 14.1. The molecule has 0 saturated carbocycles. The van der Waals surface area contributed by atoms with Crippen molar-refractivity contribution in [2.24, 2.45) is 0 Å². The zero-order chi connectivity index (χ0) is 37.0. The van der Waals surface area contributed by atoms with E-state index in [1.54, 1.807) is 0 Å². The second kappa shape index (κ2) is 13.3. The average molecular weight is 734 g/mol. The maximum atomic E-state index is 6.48. The Balaban J connectivity index is 1.10. The summed E-state index contributed by atoms with van der Waals surface area (Å²) in [6, 6.07) is 65.8. The van der Waals surface area contributed by atoms with Crippen LogP contribution in [-0.2, 0) is 0 Å². The van der Waals surface area contributed by atoms with Crippen molar-refractivity contribution < 1.29 is 4.42 Å². The van der Waals surface area contributed by atoms with Gasteiger partial charge in [-0.1, -0.05) is 146 Å². The number of rotatable bonds is 6. The Morgan fingerprint density at radius 1 is 0.339 bits per heavy atom. The Labute approximate surface area is 327 Å². The fourth-order valence-corrected chi connectivity index (χ4v) is 8.97. The summed E-state index contributed by atoms with van der Waals surface area (Å²) < 4.78 is 9.09. The lowest BCUT2D eigenvalue weighted by atomic mass is 9.88. The molecular weight excluding hydrogens is 703 g/mol. The van der Waals surface area contributed by atoms with E-state index in [9.17, 15) is 0 Å². The van der Waals surface area contributed by atoms with E-state index < -0.39 is 0 Å². The van der Waals surface area contributed by atoms with E-state index in [0.29, 0.717) is 17.5 Å². The van der Waals surface area contributed by atoms with E-state index in [0.717, 1.165) is 66.4 Å². The highest BCUT2D eigenvalue weighted by Gasteiger charge is 2.20. The number of benzene rings is 8. The first-order valence-electron chi connectivity index (χ1n) is 18.7. The van der Waals surface area contributed by atoms with Crippen molar-refractivity contribution in [1.82, 2.24) is 15.0 Å². The summed E-state index contributed by atoms with van der Waals surface area (Å²) in [5.74, 6) is 1.89. The highest BCUT2D eigenvalue weighted by Crippen LogP contribution is 2.45. The van der Waals surface area contributed by atoms with Crippen LogP contribution in [0.4, 0.5) is 0 Å². The maximum absolute atomic E-state index is 6.48.